The van der Waals surface area contributed by atoms with Crippen LogP contribution in [0.3, 0.4) is 0 Å². The molecule has 1 rings (SSSR count). The molecule has 0 saturated carbocycles. The first-order valence-corrected chi connectivity index (χ1v) is 5.57. The molecule has 0 spiro atoms. The Kier molecular flexibility index (Phi) is 4.35. The monoisotopic (exact) mass is 205 g/mol. The standard InChI is InChI=1S/C13H19NO/c1-4-7-12(15)14-13-10(3)8-6-9-11(13)5-2/h6,8-9H,4-5,7H2,1-3H3,(H,14,15). The smallest absolute Gasteiger partial charge is 0.224 e. The van der Waals surface area contributed by atoms with Crippen molar-refractivity contribution in [2.45, 2.75) is 40.0 Å². The normalized spacial score (nSPS) is 10.1. The number of para-hydroxylation sites is 1. The van der Waals surface area contributed by atoms with Crippen LogP contribution >= 0.6 is 0 Å². The Morgan fingerprint density at radius 2 is 2.07 bits per heavy atom. The summed E-state index contributed by atoms with van der Waals surface area (Å²) in [4.78, 5) is 11.5. The molecule has 2 heteroatoms. The summed E-state index contributed by atoms with van der Waals surface area (Å²) in [6, 6.07) is 6.12. The van der Waals surface area contributed by atoms with Crippen molar-refractivity contribution >= 4 is 11.6 Å². The Bertz CT molecular complexity index is 344. The number of aryl methyl sites for hydroxylation is 2. The van der Waals surface area contributed by atoms with E-state index in [0.29, 0.717) is 6.42 Å². The van der Waals surface area contributed by atoms with Gasteiger partial charge in [0.1, 0.15) is 0 Å². The second-order valence-electron chi connectivity index (χ2n) is 3.76. The molecule has 1 aromatic rings. The summed E-state index contributed by atoms with van der Waals surface area (Å²) in [5, 5.41) is 2.99. The number of rotatable bonds is 4. The van der Waals surface area contributed by atoms with Crippen molar-refractivity contribution in [2.24, 2.45) is 0 Å². The molecule has 0 saturated heterocycles. The van der Waals surface area contributed by atoms with Crippen LogP contribution in [-0.4, -0.2) is 5.91 Å². The molecule has 0 aliphatic carbocycles. The van der Waals surface area contributed by atoms with Crippen LogP contribution in [0.25, 0.3) is 0 Å². The summed E-state index contributed by atoms with van der Waals surface area (Å²) in [6.07, 6.45) is 2.43. The molecule has 0 atom stereocenters. The summed E-state index contributed by atoms with van der Waals surface area (Å²) in [6.45, 7) is 6.14. The largest absolute Gasteiger partial charge is 0.326 e. The summed E-state index contributed by atoms with van der Waals surface area (Å²) in [5.41, 5.74) is 3.34. The first-order chi connectivity index (χ1) is 7.19. The van der Waals surface area contributed by atoms with E-state index >= 15 is 0 Å². The third-order valence-electron chi connectivity index (χ3n) is 2.48. The molecule has 0 aliphatic rings. The quantitative estimate of drug-likeness (QED) is 0.802. The Labute approximate surface area is 91.7 Å². The van der Waals surface area contributed by atoms with Crippen LogP contribution in [0.5, 0.6) is 0 Å². The molecule has 0 heterocycles. The zero-order valence-electron chi connectivity index (χ0n) is 9.76. The van der Waals surface area contributed by atoms with Gasteiger partial charge in [-0.2, -0.15) is 0 Å². The van der Waals surface area contributed by atoms with Crippen LogP contribution in [0.15, 0.2) is 18.2 Å². The van der Waals surface area contributed by atoms with E-state index in [4.69, 9.17) is 0 Å². The average Bonchev–Trinajstić information content (AvgIpc) is 2.21. The van der Waals surface area contributed by atoms with Crippen molar-refractivity contribution in [1.29, 1.82) is 0 Å². The zero-order chi connectivity index (χ0) is 11.3. The SMILES string of the molecule is CCCC(=O)Nc1c(C)cccc1CC. The van der Waals surface area contributed by atoms with Crippen LogP contribution in [0.4, 0.5) is 5.69 Å². The molecule has 82 valence electrons. The molecule has 0 unspecified atom stereocenters. The van der Waals surface area contributed by atoms with E-state index < -0.39 is 0 Å². The van der Waals surface area contributed by atoms with Gasteiger partial charge in [0.05, 0.1) is 0 Å². The van der Waals surface area contributed by atoms with Gasteiger partial charge >= 0.3 is 0 Å². The number of amides is 1. The number of hydrogen-bond donors (Lipinski definition) is 1. The molecule has 1 amide bonds. The Morgan fingerprint density at radius 3 is 2.67 bits per heavy atom. The lowest BCUT2D eigenvalue weighted by Gasteiger charge is -2.12. The van der Waals surface area contributed by atoms with Gasteiger partial charge in [-0.3, -0.25) is 4.79 Å². The van der Waals surface area contributed by atoms with E-state index in [-0.39, 0.29) is 5.91 Å². The fourth-order valence-corrected chi connectivity index (χ4v) is 1.63. The number of hydrogen-bond acceptors (Lipinski definition) is 1. The average molecular weight is 205 g/mol. The van der Waals surface area contributed by atoms with Gasteiger partial charge in [-0.1, -0.05) is 32.0 Å². The summed E-state index contributed by atoms with van der Waals surface area (Å²) in [5.74, 6) is 0.112. The van der Waals surface area contributed by atoms with E-state index in [1.165, 1.54) is 5.56 Å². The van der Waals surface area contributed by atoms with E-state index in [1.54, 1.807) is 0 Å². The van der Waals surface area contributed by atoms with E-state index in [0.717, 1.165) is 24.1 Å². The van der Waals surface area contributed by atoms with Crippen molar-refractivity contribution in [3.63, 3.8) is 0 Å². The first-order valence-electron chi connectivity index (χ1n) is 5.57. The lowest BCUT2D eigenvalue weighted by Crippen LogP contribution is -2.13. The van der Waals surface area contributed by atoms with Gasteiger partial charge in [-0.15, -0.1) is 0 Å². The lowest BCUT2D eigenvalue weighted by atomic mass is 10.1. The number of anilines is 1. The number of nitrogens with one attached hydrogen (secondary N) is 1. The topological polar surface area (TPSA) is 29.1 Å². The Hall–Kier alpha value is -1.31. The third-order valence-corrected chi connectivity index (χ3v) is 2.48. The van der Waals surface area contributed by atoms with Crippen molar-refractivity contribution in [2.75, 3.05) is 5.32 Å². The van der Waals surface area contributed by atoms with Crippen molar-refractivity contribution in [3.8, 4) is 0 Å². The first kappa shape index (κ1) is 11.8. The van der Waals surface area contributed by atoms with Gasteiger partial charge in [0.25, 0.3) is 0 Å². The van der Waals surface area contributed by atoms with Gasteiger partial charge in [0.2, 0.25) is 5.91 Å². The lowest BCUT2D eigenvalue weighted by molar-refractivity contribution is -0.116. The molecular formula is C13H19NO. The predicted molar refractivity (Wildman–Crippen MR) is 64.1 cm³/mol. The van der Waals surface area contributed by atoms with Gasteiger partial charge < -0.3 is 5.32 Å². The second kappa shape index (κ2) is 5.54. The highest BCUT2D eigenvalue weighted by Crippen LogP contribution is 2.21. The highest BCUT2D eigenvalue weighted by atomic mass is 16.1. The fraction of sp³-hybridized carbons (Fsp3) is 0.462. The van der Waals surface area contributed by atoms with Gasteiger partial charge in [-0.25, -0.2) is 0 Å². The summed E-state index contributed by atoms with van der Waals surface area (Å²) < 4.78 is 0. The Morgan fingerprint density at radius 1 is 1.33 bits per heavy atom. The third kappa shape index (κ3) is 3.08. The van der Waals surface area contributed by atoms with E-state index in [2.05, 4.69) is 18.3 Å². The molecule has 1 N–H and O–H groups in total. The van der Waals surface area contributed by atoms with Gasteiger partial charge in [0.15, 0.2) is 0 Å². The highest BCUT2D eigenvalue weighted by molar-refractivity contribution is 5.92. The van der Waals surface area contributed by atoms with Gasteiger partial charge in [-0.05, 0) is 30.9 Å². The minimum atomic E-state index is 0.112. The van der Waals surface area contributed by atoms with Crippen LogP contribution < -0.4 is 5.32 Å². The molecule has 0 bridgehead atoms. The van der Waals surface area contributed by atoms with Crippen molar-refractivity contribution in [1.82, 2.24) is 0 Å². The van der Waals surface area contributed by atoms with Crippen LogP contribution in [0.2, 0.25) is 0 Å². The number of carbonyl (C=O) groups excluding carboxylic acids is 1. The molecule has 0 aliphatic heterocycles. The van der Waals surface area contributed by atoms with Crippen molar-refractivity contribution in [3.05, 3.63) is 29.3 Å². The van der Waals surface area contributed by atoms with Gasteiger partial charge in [0, 0.05) is 12.1 Å². The fourth-order valence-electron chi connectivity index (χ4n) is 1.63. The molecule has 15 heavy (non-hydrogen) atoms. The van der Waals surface area contributed by atoms with Crippen molar-refractivity contribution < 1.29 is 4.79 Å². The predicted octanol–water partition coefficient (Wildman–Crippen LogP) is 3.30. The van der Waals surface area contributed by atoms with E-state index in [1.807, 2.05) is 26.0 Å². The summed E-state index contributed by atoms with van der Waals surface area (Å²) >= 11 is 0. The molecule has 1 aromatic carbocycles. The number of carbonyl (C=O) groups is 1. The summed E-state index contributed by atoms with van der Waals surface area (Å²) in [7, 11) is 0. The maximum atomic E-state index is 11.5. The Balaban J connectivity index is 2.87. The maximum absolute atomic E-state index is 11.5. The minimum absolute atomic E-state index is 0.112. The molecule has 2 nitrogen and oxygen atoms in total. The molecular weight excluding hydrogens is 186 g/mol. The highest BCUT2D eigenvalue weighted by Gasteiger charge is 2.07. The maximum Gasteiger partial charge on any atom is 0.224 e. The van der Waals surface area contributed by atoms with E-state index in [9.17, 15) is 4.79 Å². The molecule has 0 aromatic heterocycles. The molecule has 0 radical (unpaired) electrons. The van der Waals surface area contributed by atoms with Crippen LogP contribution in [-0.2, 0) is 11.2 Å². The second-order valence-corrected chi connectivity index (χ2v) is 3.76. The zero-order valence-corrected chi connectivity index (χ0v) is 9.76. The number of benzene rings is 1. The van der Waals surface area contributed by atoms with Crippen LogP contribution in [0.1, 0.15) is 37.8 Å². The molecule has 0 fully saturated rings. The van der Waals surface area contributed by atoms with Crippen LogP contribution in [0, 0.1) is 6.92 Å². The minimum Gasteiger partial charge on any atom is -0.326 e.